The number of anilines is 1. The Kier molecular flexibility index (Phi) is 7.92. The summed E-state index contributed by atoms with van der Waals surface area (Å²) in [6, 6.07) is 4.71. The van der Waals surface area contributed by atoms with Gasteiger partial charge in [-0.1, -0.05) is 11.6 Å². The molecule has 3 aromatic rings. The van der Waals surface area contributed by atoms with Gasteiger partial charge in [0.05, 0.1) is 43.8 Å². The minimum Gasteiger partial charge on any atom is -0.481 e. The summed E-state index contributed by atoms with van der Waals surface area (Å²) < 4.78 is 18.2. The predicted molar refractivity (Wildman–Crippen MR) is 151 cm³/mol. The molecule has 0 radical (unpaired) electrons. The third-order valence-electron chi connectivity index (χ3n) is 7.64. The molecule has 1 saturated heterocycles. The zero-order valence-electron chi connectivity index (χ0n) is 22.8. The topological polar surface area (TPSA) is 140 Å². The van der Waals surface area contributed by atoms with E-state index in [1.807, 2.05) is 10.6 Å². The molecule has 1 N–H and O–H groups in total. The number of morpholine rings is 1. The molecule has 1 atom stereocenters. The Morgan fingerprint density at radius 3 is 2.69 bits per heavy atom. The highest BCUT2D eigenvalue weighted by Gasteiger charge is 2.39. The zero-order chi connectivity index (χ0) is 29.4. The average molecular weight is 617 g/mol. The van der Waals surface area contributed by atoms with Crippen molar-refractivity contribution >= 4 is 46.7 Å². The number of hydrogen-bond acceptors (Lipinski definition) is 10. The average Bonchev–Trinajstić information content (AvgIpc) is 3.65. The molecule has 3 aromatic heterocycles. The van der Waals surface area contributed by atoms with Gasteiger partial charge in [-0.25, -0.2) is 19.6 Å². The second-order valence-corrected chi connectivity index (χ2v) is 11.3. The number of amides is 2. The number of hydrogen-bond donors (Lipinski definition) is 1. The minimum absolute atomic E-state index is 0.163. The van der Waals surface area contributed by atoms with E-state index in [4.69, 9.17) is 30.8 Å². The highest BCUT2D eigenvalue weighted by Crippen LogP contribution is 2.40. The second-order valence-electron chi connectivity index (χ2n) is 10.0. The number of halogens is 1. The molecular weight excluding hydrogens is 588 g/mol. The molecule has 0 spiro atoms. The van der Waals surface area contributed by atoms with Crippen molar-refractivity contribution in [3.05, 3.63) is 56.4 Å². The number of methoxy groups -OCH3 is 1. The summed E-state index contributed by atoms with van der Waals surface area (Å²) in [4.78, 5) is 52.7. The van der Waals surface area contributed by atoms with Crippen molar-refractivity contribution in [1.29, 1.82) is 0 Å². The van der Waals surface area contributed by atoms with Crippen LogP contribution in [-0.2, 0) is 33.8 Å². The number of fused-ring (bicyclic) bond motifs is 3. The Hall–Kier alpha value is -3.88. The number of imidazole rings is 1. The van der Waals surface area contributed by atoms with Crippen molar-refractivity contribution in [3.63, 3.8) is 0 Å². The predicted octanol–water partition coefficient (Wildman–Crippen LogP) is 2.66. The number of nitrogens with zero attached hydrogens (tertiary/aromatic N) is 6. The van der Waals surface area contributed by atoms with E-state index in [2.05, 4.69) is 9.88 Å². The van der Waals surface area contributed by atoms with Gasteiger partial charge >= 0.3 is 12.1 Å². The van der Waals surface area contributed by atoms with Crippen molar-refractivity contribution in [2.45, 2.75) is 25.6 Å². The molecule has 0 aromatic carbocycles. The van der Waals surface area contributed by atoms with Crippen molar-refractivity contribution in [2.75, 3.05) is 58.0 Å². The van der Waals surface area contributed by atoms with E-state index in [1.165, 1.54) is 23.3 Å². The van der Waals surface area contributed by atoms with Crippen LogP contribution in [0.4, 0.5) is 10.6 Å². The largest absolute Gasteiger partial charge is 0.481 e. The van der Waals surface area contributed by atoms with Crippen LogP contribution in [0.15, 0.2) is 23.6 Å². The summed E-state index contributed by atoms with van der Waals surface area (Å²) in [6.07, 6.45) is -0.504. The molecule has 42 heavy (non-hydrogen) atoms. The first kappa shape index (κ1) is 28.2. The SMILES string of the molecule is COC(=O)c1csc(C2c3c(nc4n3CCN(C(=O)O)C4)CCN2C(=O)COc2ccc(N3CCOCC3)nc2Cl)c1. The Morgan fingerprint density at radius 1 is 1.14 bits per heavy atom. The lowest BCUT2D eigenvalue weighted by Gasteiger charge is -2.36. The Labute approximate surface area is 250 Å². The number of pyridine rings is 1. The van der Waals surface area contributed by atoms with Crippen molar-refractivity contribution in [3.8, 4) is 5.75 Å². The molecule has 15 heteroatoms. The maximum absolute atomic E-state index is 13.7. The maximum Gasteiger partial charge on any atom is 0.407 e. The molecule has 6 heterocycles. The highest BCUT2D eigenvalue weighted by molar-refractivity contribution is 7.10. The minimum atomic E-state index is -1.00. The number of carbonyl (C=O) groups excluding carboxylic acids is 2. The van der Waals surface area contributed by atoms with Gasteiger partial charge in [-0.15, -0.1) is 11.3 Å². The molecular formula is C27H29ClN6O7S. The molecule has 1 unspecified atom stereocenters. The fourth-order valence-corrected chi connectivity index (χ4v) is 6.75. The fraction of sp³-hybridized carbons (Fsp3) is 0.444. The maximum atomic E-state index is 13.7. The number of rotatable bonds is 6. The van der Waals surface area contributed by atoms with E-state index in [1.54, 1.807) is 22.4 Å². The number of carboxylic acid groups (broad SMARTS) is 1. The van der Waals surface area contributed by atoms with Crippen molar-refractivity contribution in [1.82, 2.24) is 24.3 Å². The smallest absolute Gasteiger partial charge is 0.407 e. The Morgan fingerprint density at radius 2 is 1.95 bits per heavy atom. The number of carbonyl (C=O) groups is 3. The third kappa shape index (κ3) is 5.37. The van der Waals surface area contributed by atoms with Crippen LogP contribution in [0.1, 0.15) is 38.5 Å². The van der Waals surface area contributed by atoms with Crippen LogP contribution in [0.5, 0.6) is 5.75 Å². The first-order valence-corrected chi connectivity index (χ1v) is 14.7. The van der Waals surface area contributed by atoms with Gasteiger partial charge in [0, 0.05) is 49.4 Å². The van der Waals surface area contributed by atoms with E-state index in [9.17, 15) is 19.5 Å². The third-order valence-corrected chi connectivity index (χ3v) is 8.89. The molecule has 3 aliphatic rings. The molecule has 0 aliphatic carbocycles. The molecule has 0 bridgehead atoms. The van der Waals surface area contributed by atoms with Crippen LogP contribution in [0, 0.1) is 0 Å². The Balaban J connectivity index is 1.26. The van der Waals surface area contributed by atoms with Crippen LogP contribution in [-0.4, -0.2) is 101 Å². The highest BCUT2D eigenvalue weighted by atomic mass is 35.5. The summed E-state index contributed by atoms with van der Waals surface area (Å²) in [5.41, 5.74) is 2.02. The van der Waals surface area contributed by atoms with Gasteiger partial charge in [0.15, 0.2) is 17.5 Å². The summed E-state index contributed by atoms with van der Waals surface area (Å²) in [6.45, 7) is 3.64. The van der Waals surface area contributed by atoms with Crippen LogP contribution in [0.3, 0.4) is 0 Å². The number of thiophene rings is 1. The Bertz CT molecular complexity index is 1520. The van der Waals surface area contributed by atoms with Crippen LogP contribution in [0.25, 0.3) is 0 Å². The lowest BCUT2D eigenvalue weighted by molar-refractivity contribution is -0.135. The lowest BCUT2D eigenvalue weighted by Crippen LogP contribution is -2.44. The van der Waals surface area contributed by atoms with Gasteiger partial charge in [-0.2, -0.15) is 0 Å². The normalized spacial score (nSPS) is 18.3. The van der Waals surface area contributed by atoms with Gasteiger partial charge in [0.25, 0.3) is 5.91 Å². The molecule has 222 valence electrons. The van der Waals surface area contributed by atoms with E-state index < -0.39 is 18.1 Å². The molecule has 0 saturated carbocycles. The van der Waals surface area contributed by atoms with Gasteiger partial charge in [-0.05, 0) is 18.2 Å². The van der Waals surface area contributed by atoms with E-state index in [0.29, 0.717) is 69.5 Å². The molecule has 13 nitrogen and oxygen atoms in total. The van der Waals surface area contributed by atoms with Gasteiger partial charge in [0.1, 0.15) is 17.7 Å². The quantitative estimate of drug-likeness (QED) is 0.325. The lowest BCUT2D eigenvalue weighted by atomic mass is 10.00. The van der Waals surface area contributed by atoms with Crippen LogP contribution in [0.2, 0.25) is 5.15 Å². The summed E-state index contributed by atoms with van der Waals surface area (Å²) >= 11 is 7.79. The first-order valence-electron chi connectivity index (χ1n) is 13.5. The van der Waals surface area contributed by atoms with Crippen molar-refractivity contribution < 1.29 is 33.7 Å². The molecule has 6 rings (SSSR count). The van der Waals surface area contributed by atoms with Crippen molar-refractivity contribution in [2.24, 2.45) is 0 Å². The van der Waals surface area contributed by atoms with Crippen LogP contribution < -0.4 is 9.64 Å². The van der Waals surface area contributed by atoms with Gasteiger partial charge in [-0.3, -0.25) is 9.69 Å². The van der Waals surface area contributed by atoms with Gasteiger partial charge < -0.3 is 33.7 Å². The fourth-order valence-electron chi connectivity index (χ4n) is 5.55. The van der Waals surface area contributed by atoms with Gasteiger partial charge in [0.2, 0.25) is 0 Å². The monoisotopic (exact) mass is 616 g/mol. The zero-order valence-corrected chi connectivity index (χ0v) is 24.4. The van der Waals surface area contributed by atoms with Crippen LogP contribution >= 0.6 is 22.9 Å². The molecule has 1 fully saturated rings. The number of esters is 1. The molecule has 3 aliphatic heterocycles. The second kappa shape index (κ2) is 11.8. The van der Waals surface area contributed by atoms with E-state index in [0.717, 1.165) is 22.1 Å². The standard InChI is InChI=1S/C27H29ClN6O7S/c1-39-26(36)16-12-19(42-15-16)24-23-17(29-21-13-32(27(37)38)6-7-33(21)23)4-5-34(24)22(35)14-41-18-2-3-20(30-25(18)28)31-8-10-40-11-9-31/h2-3,12,15,24H,4-11,13-14H2,1H3,(H,37,38). The molecule has 2 amide bonds. The first-order chi connectivity index (χ1) is 20.3. The summed E-state index contributed by atoms with van der Waals surface area (Å²) in [5.74, 6) is 0.912. The number of aromatic nitrogens is 3. The van der Waals surface area contributed by atoms with E-state index >= 15 is 0 Å². The number of ether oxygens (including phenoxy) is 3. The van der Waals surface area contributed by atoms with E-state index in [-0.39, 0.29) is 24.2 Å². The summed E-state index contributed by atoms with van der Waals surface area (Å²) in [5, 5.41) is 11.4. The summed E-state index contributed by atoms with van der Waals surface area (Å²) in [7, 11) is 1.32.